The van der Waals surface area contributed by atoms with E-state index in [1.54, 1.807) is 11.8 Å². The number of carboxylic acids is 4. The third kappa shape index (κ3) is 72.9. The Balaban J connectivity index is -0.000000925. The molecule has 3 atom stereocenters. The summed E-state index contributed by atoms with van der Waals surface area (Å²) < 4.78 is 126. The zero-order valence-electron chi connectivity index (χ0n) is 60.4. The standard InChI is InChI=1S/C59H119N9O5S.4C2HF3O2/c1-3-5-7-9-11-13-15-17-19-21-23-25-27-29-31-33-46-68(47-34-32-30-28-26-24-22-20-18-16-14-12-10-8-6-4-2)56(70)37-48-74-51-54(59(73)67-45-41-63)50-53(58(72)66-44-40-62)49-52(57(71)65-43-39-61)35-36-55(69)64-42-38-60;4*3-2(4,5)1(6)7/h52-54H,3-51,60-63H2,1-2H3,(H,64,69)(H,65,71)(H,66,72)(H,67,73);4*(H,6,7). The normalized spacial score (nSPS) is 12.2. The van der Waals surface area contributed by atoms with E-state index in [9.17, 15) is 76.7 Å². The van der Waals surface area contributed by atoms with Gasteiger partial charge in [-0.2, -0.15) is 64.4 Å². The maximum absolute atomic E-state index is 13.9. The van der Waals surface area contributed by atoms with Gasteiger partial charge in [0, 0.05) is 55.2 Å². The number of carboxylic acid groups (broad SMARTS) is 4. The summed E-state index contributed by atoms with van der Waals surface area (Å²) in [6, 6.07) is 0. The lowest BCUT2D eigenvalue weighted by atomic mass is 9.84. The molecule has 0 saturated carbocycles. The molecule has 22 nitrogen and oxygen atoms in total. The molecule has 0 aliphatic carbocycles. The van der Waals surface area contributed by atoms with E-state index < -0.39 is 66.3 Å². The molecule has 0 aromatic carbocycles. The number of nitrogens with zero attached hydrogens (tertiary/aromatic N) is 1. The monoisotopic (exact) mass is 1520 g/mol. The van der Waals surface area contributed by atoms with Crippen LogP contribution in [0.5, 0.6) is 0 Å². The van der Waals surface area contributed by atoms with E-state index in [0.717, 1.165) is 38.8 Å². The number of nitrogens with one attached hydrogen (secondary N) is 4. The van der Waals surface area contributed by atoms with Crippen LogP contribution in [0.1, 0.15) is 251 Å². The predicted molar refractivity (Wildman–Crippen MR) is 354 cm³/mol. The summed E-state index contributed by atoms with van der Waals surface area (Å²) in [6.45, 7) is 9.95. The third-order valence-electron chi connectivity index (χ3n) is 15.5. The first kappa shape index (κ1) is 105. The molecule has 0 aromatic rings. The Kier molecular flexibility index (Phi) is 70.8. The molecule has 0 radical (unpaired) electrons. The van der Waals surface area contributed by atoms with Gasteiger partial charge in [-0.15, -0.1) is 0 Å². The second kappa shape index (κ2) is 68.7. The molecule has 0 saturated heterocycles. The van der Waals surface area contributed by atoms with Crippen molar-refractivity contribution in [2.45, 2.75) is 276 Å². The van der Waals surface area contributed by atoms with Crippen molar-refractivity contribution >= 4 is 65.2 Å². The molecule has 5 amide bonds. The van der Waals surface area contributed by atoms with E-state index in [-0.39, 0.29) is 55.2 Å². The van der Waals surface area contributed by atoms with Gasteiger partial charge in [0.1, 0.15) is 23.9 Å². The van der Waals surface area contributed by atoms with Crippen molar-refractivity contribution < 1.29 is 139 Å². The van der Waals surface area contributed by atoms with E-state index in [0.29, 0.717) is 70.3 Å². The number of amides is 5. The highest BCUT2D eigenvalue weighted by molar-refractivity contribution is 7.99. The first-order valence-electron chi connectivity index (χ1n) is 36.2. The molecule has 0 rings (SSSR count). The molecule has 0 bridgehead atoms. The second-order valence-corrected chi connectivity index (χ2v) is 25.8. The highest BCUT2D eigenvalue weighted by atomic mass is 32.2. The molecule has 35 heteroatoms. The molecule has 16 N–H and O–H groups in total. The highest BCUT2D eigenvalue weighted by Gasteiger charge is 2.34. The van der Waals surface area contributed by atoms with Crippen molar-refractivity contribution in [3.63, 3.8) is 0 Å². The largest absolute Gasteiger partial charge is 0.542 e. The minimum Gasteiger partial charge on any atom is -0.542 e. The summed E-state index contributed by atoms with van der Waals surface area (Å²) in [7, 11) is 0. The zero-order chi connectivity index (χ0) is 78.7. The smallest absolute Gasteiger partial charge is 0.430 e. The number of aliphatic carboxylic acids is 4. The van der Waals surface area contributed by atoms with E-state index in [1.165, 1.54) is 180 Å². The zero-order valence-corrected chi connectivity index (χ0v) is 61.2. The van der Waals surface area contributed by atoms with E-state index in [2.05, 4.69) is 62.9 Å². The van der Waals surface area contributed by atoms with Crippen LogP contribution in [-0.2, 0) is 43.2 Å². The van der Waals surface area contributed by atoms with Gasteiger partial charge >= 0.3 is 24.7 Å². The maximum Gasteiger partial charge on any atom is 0.430 e. The number of carbonyl (C=O) groups is 9. The van der Waals surface area contributed by atoms with Crippen LogP contribution in [-0.4, -0.2) is 160 Å². The molecule has 0 aliphatic rings. The molecular formula is C67H123F12N9O13S. The molecule has 0 fully saturated rings. The van der Waals surface area contributed by atoms with Crippen molar-refractivity contribution in [1.29, 1.82) is 0 Å². The first-order chi connectivity index (χ1) is 48.0. The number of quaternary nitrogens is 4. The van der Waals surface area contributed by atoms with Gasteiger partial charge in [0.25, 0.3) is 0 Å². The molecular weight excluding hydrogens is 1400 g/mol. The summed E-state index contributed by atoms with van der Waals surface area (Å²) in [5.74, 6) is -13.3. The fourth-order valence-corrected chi connectivity index (χ4v) is 11.0. The van der Waals surface area contributed by atoms with Gasteiger partial charge in [-0.05, 0) is 32.1 Å². The van der Waals surface area contributed by atoms with Gasteiger partial charge in [-0.3, -0.25) is 24.0 Å². The lowest BCUT2D eigenvalue weighted by Crippen LogP contribution is -2.56. The Morgan fingerprint density at radius 1 is 0.353 bits per heavy atom. The lowest BCUT2D eigenvalue weighted by molar-refractivity contribution is -0.365. The Bertz CT molecular complexity index is 2010. The maximum atomic E-state index is 13.9. The molecule has 0 aromatic heterocycles. The summed E-state index contributed by atoms with van der Waals surface area (Å²) in [4.78, 5) is 105. The van der Waals surface area contributed by atoms with Crippen LogP contribution >= 0.6 is 11.8 Å². The number of rotatable bonds is 57. The SMILES string of the molecule is CCCCCCCCCCCCCCCCCCN(CCCCCCCCCCCCCCCCCC)C(=O)CCSCC(CC(CC(CCC(=O)NCC[NH3+])C(=O)NCC[NH3+])C(=O)NCC[NH3+])C(=O)NCC[NH3+].O=C([O-])C(F)(F)F.O=C([O-])C(F)(F)F.O=C([O-])C(F)(F)F.O=C([O-])C(F)(F)F. The Hall–Kier alpha value is -5.42. The van der Waals surface area contributed by atoms with Gasteiger partial charge in [0.2, 0.25) is 29.5 Å². The first-order valence-corrected chi connectivity index (χ1v) is 37.4. The Morgan fingerprint density at radius 2 is 0.588 bits per heavy atom. The molecule has 0 aliphatic heterocycles. The van der Waals surface area contributed by atoms with Crippen LogP contribution in [0, 0.1) is 17.8 Å². The highest BCUT2D eigenvalue weighted by Crippen LogP contribution is 2.28. The van der Waals surface area contributed by atoms with Crippen molar-refractivity contribution in [3.8, 4) is 0 Å². The van der Waals surface area contributed by atoms with Crippen LogP contribution in [0.25, 0.3) is 0 Å². The number of hydrogen-bond donors (Lipinski definition) is 8. The molecule has 604 valence electrons. The van der Waals surface area contributed by atoms with E-state index in [1.807, 2.05) is 0 Å². The number of carbonyl (C=O) groups excluding carboxylic acids is 9. The number of halogens is 12. The molecule has 102 heavy (non-hydrogen) atoms. The lowest BCUT2D eigenvalue weighted by Gasteiger charge is -2.26. The van der Waals surface area contributed by atoms with Crippen molar-refractivity contribution in [2.75, 3.05) is 77.0 Å². The number of hydrogen-bond acceptors (Lipinski definition) is 14. The van der Waals surface area contributed by atoms with Gasteiger partial charge in [0.05, 0.1) is 52.4 Å². The minimum absolute atomic E-state index is 0.142. The van der Waals surface area contributed by atoms with Gasteiger partial charge in [-0.25, -0.2) is 0 Å². The van der Waals surface area contributed by atoms with Crippen LogP contribution in [0.3, 0.4) is 0 Å². The van der Waals surface area contributed by atoms with Crippen LogP contribution in [0.15, 0.2) is 0 Å². The van der Waals surface area contributed by atoms with Crippen LogP contribution in [0.2, 0.25) is 0 Å². The summed E-state index contributed by atoms with van der Waals surface area (Å²) >= 11 is 1.59. The minimum atomic E-state index is -5.19. The van der Waals surface area contributed by atoms with Gasteiger partial charge in [0.15, 0.2) is 0 Å². The van der Waals surface area contributed by atoms with Gasteiger partial charge < -0.3 is 88.7 Å². The van der Waals surface area contributed by atoms with Gasteiger partial charge in [-0.1, -0.05) is 206 Å². The van der Waals surface area contributed by atoms with Crippen molar-refractivity contribution in [3.05, 3.63) is 0 Å². The topological polar surface area (TPSA) is 408 Å². The third-order valence-corrected chi connectivity index (χ3v) is 16.6. The summed E-state index contributed by atoms with van der Waals surface area (Å²) in [6.07, 6.45) is 22.9. The van der Waals surface area contributed by atoms with E-state index in [4.69, 9.17) is 39.6 Å². The number of thioether (sulfide) groups is 1. The van der Waals surface area contributed by atoms with Crippen molar-refractivity contribution in [2.24, 2.45) is 17.8 Å². The van der Waals surface area contributed by atoms with Crippen molar-refractivity contribution in [1.82, 2.24) is 26.2 Å². The molecule has 0 spiro atoms. The fraction of sp³-hybridized carbons (Fsp3) is 0.866. The Morgan fingerprint density at radius 3 is 0.853 bits per heavy atom. The molecule has 0 heterocycles. The van der Waals surface area contributed by atoms with E-state index >= 15 is 0 Å². The Labute approximate surface area is 599 Å². The fourth-order valence-electron chi connectivity index (χ4n) is 9.90. The summed E-state index contributed by atoms with van der Waals surface area (Å²) in [5, 5.41) is 46.9. The quantitative estimate of drug-likeness (QED) is 0.0307. The second-order valence-electron chi connectivity index (χ2n) is 24.7. The molecule has 3 unspecified atom stereocenters. The number of unbranched alkanes of at least 4 members (excludes halogenated alkanes) is 30. The summed E-state index contributed by atoms with van der Waals surface area (Å²) in [5.41, 5.74) is 15.4. The predicted octanol–water partition coefficient (Wildman–Crippen LogP) is 4.50. The number of alkyl halides is 12. The van der Waals surface area contributed by atoms with Crippen LogP contribution < -0.4 is 64.6 Å². The average molecular weight is 1520 g/mol. The average Bonchev–Trinajstić information content (AvgIpc) is 0.865. The van der Waals surface area contributed by atoms with Crippen LogP contribution in [0.4, 0.5) is 52.7 Å².